The predicted molar refractivity (Wildman–Crippen MR) is 119 cm³/mol. The number of benzene rings is 3. The van der Waals surface area contributed by atoms with Gasteiger partial charge in [0.05, 0.1) is 11.1 Å². The summed E-state index contributed by atoms with van der Waals surface area (Å²) >= 11 is 11.8. The van der Waals surface area contributed by atoms with E-state index in [1.165, 1.54) is 0 Å². The highest BCUT2D eigenvalue weighted by atomic mass is 35.5. The van der Waals surface area contributed by atoms with Crippen molar-refractivity contribution < 1.29 is 14.3 Å². The monoisotopic (exact) mass is 442 g/mol. The molecule has 7 heteroatoms. The Hall–Kier alpha value is -3.02. The lowest BCUT2D eigenvalue weighted by molar-refractivity contribution is -0.118. The van der Waals surface area contributed by atoms with Gasteiger partial charge in [-0.25, -0.2) is 0 Å². The molecule has 0 fully saturated rings. The van der Waals surface area contributed by atoms with Crippen LogP contribution in [-0.2, 0) is 4.79 Å². The topological polar surface area (TPSA) is 67.4 Å². The molecule has 0 aliphatic rings. The van der Waals surface area contributed by atoms with E-state index in [4.69, 9.17) is 27.9 Å². The van der Waals surface area contributed by atoms with Crippen LogP contribution in [0.3, 0.4) is 0 Å². The maximum atomic E-state index is 12.4. The van der Waals surface area contributed by atoms with Crippen LogP contribution in [0.25, 0.3) is 0 Å². The predicted octanol–water partition coefficient (Wildman–Crippen LogP) is 5.50. The molecule has 154 valence electrons. The van der Waals surface area contributed by atoms with E-state index in [2.05, 4.69) is 10.6 Å². The minimum Gasteiger partial charge on any atom is -0.482 e. The molecule has 2 amide bonds. The van der Waals surface area contributed by atoms with Gasteiger partial charge in [0.25, 0.3) is 11.8 Å². The maximum Gasteiger partial charge on any atom is 0.262 e. The molecule has 1 unspecified atom stereocenters. The smallest absolute Gasteiger partial charge is 0.262 e. The van der Waals surface area contributed by atoms with Gasteiger partial charge in [-0.15, -0.1) is 0 Å². The van der Waals surface area contributed by atoms with Gasteiger partial charge in [0.1, 0.15) is 5.75 Å². The molecule has 0 saturated carbocycles. The molecule has 0 aromatic heterocycles. The number of rotatable bonds is 7. The largest absolute Gasteiger partial charge is 0.482 e. The molecule has 0 spiro atoms. The lowest BCUT2D eigenvalue weighted by Crippen LogP contribution is -2.26. The summed E-state index contributed by atoms with van der Waals surface area (Å²) in [5.41, 5.74) is 2.08. The number of ether oxygens (including phenoxy) is 1. The molecule has 0 aliphatic carbocycles. The number of anilines is 1. The summed E-state index contributed by atoms with van der Waals surface area (Å²) in [5.74, 6) is -0.170. The van der Waals surface area contributed by atoms with Gasteiger partial charge in [-0.05, 0) is 55.0 Å². The van der Waals surface area contributed by atoms with Crippen LogP contribution in [0.5, 0.6) is 5.75 Å². The molecule has 0 radical (unpaired) electrons. The van der Waals surface area contributed by atoms with Crippen molar-refractivity contribution in [2.24, 2.45) is 0 Å². The van der Waals surface area contributed by atoms with Gasteiger partial charge >= 0.3 is 0 Å². The van der Waals surface area contributed by atoms with E-state index in [-0.39, 0.29) is 24.5 Å². The standard InChI is InChI=1S/C23H20Cl2N2O3/c1-15(16-5-3-2-4-6-16)26-23(29)17-7-10-19(11-8-17)27-22(28)14-30-21-12-9-18(24)13-20(21)25/h2-13,15H,14H2,1H3,(H,26,29)(H,27,28). The Labute approximate surface area is 185 Å². The summed E-state index contributed by atoms with van der Waals surface area (Å²) in [6, 6.07) is 21.0. The van der Waals surface area contributed by atoms with Crippen LogP contribution >= 0.6 is 23.2 Å². The van der Waals surface area contributed by atoms with Crippen LogP contribution in [0.2, 0.25) is 10.0 Å². The first-order valence-electron chi connectivity index (χ1n) is 9.26. The first-order chi connectivity index (χ1) is 14.4. The van der Waals surface area contributed by atoms with Crippen molar-refractivity contribution in [1.29, 1.82) is 0 Å². The van der Waals surface area contributed by atoms with E-state index in [0.29, 0.717) is 27.0 Å². The van der Waals surface area contributed by atoms with Crippen LogP contribution in [0.4, 0.5) is 5.69 Å². The molecular weight excluding hydrogens is 423 g/mol. The highest BCUT2D eigenvalue weighted by Crippen LogP contribution is 2.27. The first-order valence-corrected chi connectivity index (χ1v) is 10.0. The number of carbonyl (C=O) groups excluding carboxylic acids is 2. The van der Waals surface area contributed by atoms with E-state index < -0.39 is 0 Å². The Morgan fingerprint density at radius 1 is 0.967 bits per heavy atom. The molecule has 3 rings (SSSR count). The fourth-order valence-electron chi connectivity index (χ4n) is 2.74. The Morgan fingerprint density at radius 3 is 2.33 bits per heavy atom. The van der Waals surface area contributed by atoms with E-state index in [1.54, 1.807) is 42.5 Å². The molecule has 0 bridgehead atoms. The van der Waals surface area contributed by atoms with Crippen molar-refractivity contribution in [2.75, 3.05) is 11.9 Å². The van der Waals surface area contributed by atoms with Crippen LogP contribution in [0.1, 0.15) is 28.9 Å². The normalized spacial score (nSPS) is 11.4. The molecule has 1 atom stereocenters. The summed E-state index contributed by atoms with van der Waals surface area (Å²) in [6.07, 6.45) is 0. The number of hydrogen-bond acceptors (Lipinski definition) is 3. The second-order valence-corrected chi connectivity index (χ2v) is 7.44. The Morgan fingerprint density at radius 2 is 1.67 bits per heavy atom. The molecule has 3 aromatic rings. The highest BCUT2D eigenvalue weighted by molar-refractivity contribution is 6.35. The second kappa shape index (κ2) is 10.1. The Kier molecular flexibility index (Phi) is 7.33. The zero-order valence-electron chi connectivity index (χ0n) is 16.2. The van der Waals surface area contributed by atoms with Crippen molar-refractivity contribution >= 4 is 40.7 Å². The minimum absolute atomic E-state index is 0.116. The SMILES string of the molecule is CC(NC(=O)c1ccc(NC(=O)COc2ccc(Cl)cc2Cl)cc1)c1ccccc1. The van der Waals surface area contributed by atoms with Crippen LogP contribution in [-0.4, -0.2) is 18.4 Å². The third-order valence-corrected chi connectivity index (χ3v) is 4.86. The zero-order chi connectivity index (χ0) is 21.5. The van der Waals surface area contributed by atoms with Gasteiger partial charge < -0.3 is 15.4 Å². The molecule has 0 saturated heterocycles. The summed E-state index contributed by atoms with van der Waals surface area (Å²) in [4.78, 5) is 24.5. The highest BCUT2D eigenvalue weighted by Gasteiger charge is 2.12. The van der Waals surface area contributed by atoms with Crippen molar-refractivity contribution in [2.45, 2.75) is 13.0 Å². The third kappa shape index (κ3) is 5.99. The second-order valence-electron chi connectivity index (χ2n) is 6.59. The molecular formula is C23H20Cl2N2O3. The molecule has 30 heavy (non-hydrogen) atoms. The lowest BCUT2D eigenvalue weighted by Gasteiger charge is -2.14. The fourth-order valence-corrected chi connectivity index (χ4v) is 3.21. The maximum absolute atomic E-state index is 12.4. The average molecular weight is 443 g/mol. The molecule has 0 aliphatic heterocycles. The first kappa shape index (κ1) is 21.7. The molecule has 2 N–H and O–H groups in total. The van der Waals surface area contributed by atoms with E-state index in [1.807, 2.05) is 37.3 Å². The molecule has 5 nitrogen and oxygen atoms in total. The van der Waals surface area contributed by atoms with Crippen molar-refractivity contribution in [3.8, 4) is 5.75 Å². The zero-order valence-corrected chi connectivity index (χ0v) is 17.7. The van der Waals surface area contributed by atoms with E-state index >= 15 is 0 Å². The van der Waals surface area contributed by atoms with Gasteiger partial charge in [-0.3, -0.25) is 9.59 Å². The Balaban J connectivity index is 1.52. The van der Waals surface area contributed by atoms with Crippen LogP contribution < -0.4 is 15.4 Å². The van der Waals surface area contributed by atoms with Gasteiger partial charge in [-0.2, -0.15) is 0 Å². The summed E-state index contributed by atoms with van der Waals surface area (Å²) in [7, 11) is 0. The lowest BCUT2D eigenvalue weighted by atomic mass is 10.1. The third-order valence-electron chi connectivity index (χ3n) is 4.33. The average Bonchev–Trinajstić information content (AvgIpc) is 2.74. The number of halogens is 2. The number of nitrogens with one attached hydrogen (secondary N) is 2. The summed E-state index contributed by atoms with van der Waals surface area (Å²) in [6.45, 7) is 1.72. The van der Waals surface area contributed by atoms with Crippen LogP contribution in [0.15, 0.2) is 72.8 Å². The number of carbonyl (C=O) groups is 2. The van der Waals surface area contributed by atoms with Crippen molar-refractivity contribution in [3.05, 3.63) is 94.0 Å². The van der Waals surface area contributed by atoms with Crippen molar-refractivity contribution in [1.82, 2.24) is 5.32 Å². The van der Waals surface area contributed by atoms with Crippen LogP contribution in [0, 0.1) is 0 Å². The summed E-state index contributed by atoms with van der Waals surface area (Å²) < 4.78 is 5.41. The number of hydrogen-bond donors (Lipinski definition) is 2. The van der Waals surface area contributed by atoms with Gasteiger partial charge in [-0.1, -0.05) is 53.5 Å². The van der Waals surface area contributed by atoms with E-state index in [0.717, 1.165) is 5.56 Å². The minimum atomic E-state index is -0.351. The van der Waals surface area contributed by atoms with Gasteiger partial charge in [0.15, 0.2) is 6.61 Å². The van der Waals surface area contributed by atoms with Gasteiger partial charge in [0.2, 0.25) is 0 Å². The molecule has 0 heterocycles. The fraction of sp³-hybridized carbons (Fsp3) is 0.130. The van der Waals surface area contributed by atoms with Crippen molar-refractivity contribution in [3.63, 3.8) is 0 Å². The molecule has 3 aromatic carbocycles. The van der Waals surface area contributed by atoms with Gasteiger partial charge in [0, 0.05) is 16.3 Å². The Bertz CT molecular complexity index is 1020. The van der Waals surface area contributed by atoms with E-state index in [9.17, 15) is 9.59 Å². The number of amides is 2. The summed E-state index contributed by atoms with van der Waals surface area (Å²) in [5, 5.41) is 6.48. The quantitative estimate of drug-likeness (QED) is 0.507.